The molecule has 0 aromatic carbocycles. The SMILES string of the molecule is O=C(O)CN1CCN(C(=O)NCc2ccsc2)CC1. The fraction of sp³-hybridized carbons (Fsp3) is 0.500. The van der Waals surface area contributed by atoms with Gasteiger partial charge < -0.3 is 15.3 Å². The molecule has 2 heterocycles. The molecule has 1 aliphatic rings. The summed E-state index contributed by atoms with van der Waals surface area (Å²) in [6.45, 7) is 2.95. The van der Waals surface area contributed by atoms with Crippen LogP contribution >= 0.6 is 11.3 Å². The zero-order valence-corrected chi connectivity index (χ0v) is 11.4. The number of nitrogens with zero attached hydrogens (tertiary/aromatic N) is 2. The molecule has 1 aromatic heterocycles. The average Bonchev–Trinajstić information content (AvgIpc) is 2.89. The predicted octanol–water partition coefficient (Wildman–Crippen LogP) is 0.660. The third kappa shape index (κ3) is 4.22. The van der Waals surface area contributed by atoms with Crippen molar-refractivity contribution >= 4 is 23.3 Å². The molecule has 6 nitrogen and oxygen atoms in total. The highest BCUT2D eigenvalue weighted by atomic mass is 32.1. The minimum absolute atomic E-state index is 0.0460. The van der Waals surface area contributed by atoms with Crippen molar-refractivity contribution in [1.29, 1.82) is 0 Å². The number of hydrogen-bond donors (Lipinski definition) is 2. The Labute approximate surface area is 115 Å². The van der Waals surface area contributed by atoms with Crippen molar-refractivity contribution in [3.05, 3.63) is 22.4 Å². The van der Waals surface area contributed by atoms with Gasteiger partial charge in [-0.05, 0) is 22.4 Å². The van der Waals surface area contributed by atoms with Crippen molar-refractivity contribution in [3.63, 3.8) is 0 Å². The van der Waals surface area contributed by atoms with Gasteiger partial charge in [0.2, 0.25) is 0 Å². The number of hydrogen-bond acceptors (Lipinski definition) is 4. The monoisotopic (exact) mass is 283 g/mol. The fourth-order valence-corrected chi connectivity index (χ4v) is 2.65. The maximum Gasteiger partial charge on any atom is 0.317 e. The fourth-order valence-electron chi connectivity index (χ4n) is 1.98. The number of urea groups is 1. The van der Waals surface area contributed by atoms with E-state index >= 15 is 0 Å². The molecule has 7 heteroatoms. The van der Waals surface area contributed by atoms with Crippen LogP contribution in [-0.4, -0.2) is 59.6 Å². The lowest BCUT2D eigenvalue weighted by Gasteiger charge is -2.33. The molecule has 0 bridgehead atoms. The maximum atomic E-state index is 11.9. The average molecular weight is 283 g/mol. The minimum Gasteiger partial charge on any atom is -0.480 e. The third-order valence-electron chi connectivity index (χ3n) is 3.04. The van der Waals surface area contributed by atoms with Gasteiger partial charge in [-0.15, -0.1) is 0 Å². The third-order valence-corrected chi connectivity index (χ3v) is 3.77. The summed E-state index contributed by atoms with van der Waals surface area (Å²) in [6.07, 6.45) is 0. The number of carbonyl (C=O) groups is 2. The molecule has 1 aliphatic heterocycles. The Hall–Kier alpha value is -1.60. The maximum absolute atomic E-state index is 11.9. The summed E-state index contributed by atoms with van der Waals surface area (Å²) in [5, 5.41) is 15.5. The topological polar surface area (TPSA) is 72.9 Å². The number of carbonyl (C=O) groups excluding carboxylic acids is 1. The summed E-state index contributed by atoms with van der Waals surface area (Å²) in [6, 6.07) is 1.90. The molecule has 1 saturated heterocycles. The van der Waals surface area contributed by atoms with Crippen LogP contribution in [0, 0.1) is 0 Å². The molecule has 0 radical (unpaired) electrons. The number of aliphatic carboxylic acids is 1. The quantitative estimate of drug-likeness (QED) is 0.851. The van der Waals surface area contributed by atoms with Crippen LogP contribution in [0.25, 0.3) is 0 Å². The van der Waals surface area contributed by atoms with E-state index in [2.05, 4.69) is 5.32 Å². The lowest BCUT2D eigenvalue weighted by atomic mass is 10.3. The van der Waals surface area contributed by atoms with Gasteiger partial charge in [0.1, 0.15) is 0 Å². The molecule has 0 spiro atoms. The van der Waals surface area contributed by atoms with E-state index in [0.29, 0.717) is 32.7 Å². The molecule has 0 atom stereocenters. The zero-order chi connectivity index (χ0) is 13.7. The van der Waals surface area contributed by atoms with Crippen LogP contribution in [0.4, 0.5) is 4.79 Å². The number of nitrogens with one attached hydrogen (secondary N) is 1. The highest BCUT2D eigenvalue weighted by Gasteiger charge is 2.21. The first-order chi connectivity index (χ1) is 9.15. The van der Waals surface area contributed by atoms with E-state index in [9.17, 15) is 9.59 Å². The number of piperazine rings is 1. The van der Waals surface area contributed by atoms with E-state index in [4.69, 9.17) is 5.11 Å². The van der Waals surface area contributed by atoms with Crippen LogP contribution in [0.1, 0.15) is 5.56 Å². The summed E-state index contributed by atoms with van der Waals surface area (Å²) in [5.74, 6) is -0.824. The second-order valence-corrected chi connectivity index (χ2v) is 5.23. The van der Waals surface area contributed by atoms with Gasteiger partial charge in [0.05, 0.1) is 6.54 Å². The first-order valence-corrected chi connectivity index (χ1v) is 7.07. The Balaban J connectivity index is 1.71. The van der Waals surface area contributed by atoms with Gasteiger partial charge >= 0.3 is 12.0 Å². The molecule has 2 N–H and O–H groups in total. The Morgan fingerprint density at radius 3 is 2.63 bits per heavy atom. The molecule has 0 aliphatic carbocycles. The van der Waals surface area contributed by atoms with Gasteiger partial charge in [-0.25, -0.2) is 4.79 Å². The normalized spacial score (nSPS) is 16.3. The second kappa shape index (κ2) is 6.53. The van der Waals surface area contributed by atoms with Crippen molar-refractivity contribution in [2.24, 2.45) is 0 Å². The Bertz CT molecular complexity index is 427. The van der Waals surface area contributed by atoms with E-state index in [0.717, 1.165) is 5.56 Å². The molecule has 1 aromatic rings. The van der Waals surface area contributed by atoms with Gasteiger partial charge in [-0.1, -0.05) is 0 Å². The van der Waals surface area contributed by atoms with E-state index in [1.54, 1.807) is 16.2 Å². The van der Waals surface area contributed by atoms with E-state index in [1.165, 1.54) is 0 Å². The highest BCUT2D eigenvalue weighted by molar-refractivity contribution is 7.07. The van der Waals surface area contributed by atoms with Gasteiger partial charge in [-0.2, -0.15) is 11.3 Å². The van der Waals surface area contributed by atoms with Gasteiger partial charge in [0.25, 0.3) is 0 Å². The minimum atomic E-state index is -0.824. The molecule has 2 amide bonds. The van der Waals surface area contributed by atoms with Crippen LogP contribution < -0.4 is 5.32 Å². The predicted molar refractivity (Wildman–Crippen MR) is 72.2 cm³/mol. The van der Waals surface area contributed by atoms with Gasteiger partial charge in [0, 0.05) is 32.7 Å². The van der Waals surface area contributed by atoms with E-state index in [-0.39, 0.29) is 12.6 Å². The lowest BCUT2D eigenvalue weighted by Crippen LogP contribution is -2.52. The smallest absolute Gasteiger partial charge is 0.317 e. The summed E-state index contributed by atoms with van der Waals surface area (Å²) >= 11 is 1.61. The van der Waals surface area contributed by atoms with Crippen molar-refractivity contribution < 1.29 is 14.7 Å². The molecular formula is C12H17N3O3S. The Morgan fingerprint density at radius 1 is 1.32 bits per heavy atom. The number of thiophene rings is 1. The zero-order valence-electron chi connectivity index (χ0n) is 10.5. The van der Waals surface area contributed by atoms with Crippen LogP contribution in [0.3, 0.4) is 0 Å². The largest absolute Gasteiger partial charge is 0.480 e. The summed E-state index contributed by atoms with van der Waals surface area (Å²) in [5.41, 5.74) is 1.10. The first-order valence-electron chi connectivity index (χ1n) is 6.13. The highest BCUT2D eigenvalue weighted by Crippen LogP contribution is 2.06. The molecular weight excluding hydrogens is 266 g/mol. The van der Waals surface area contributed by atoms with Gasteiger partial charge in [0.15, 0.2) is 0 Å². The first kappa shape index (κ1) is 13.8. The molecule has 0 unspecified atom stereocenters. The van der Waals surface area contributed by atoms with Crippen molar-refractivity contribution in [3.8, 4) is 0 Å². The van der Waals surface area contributed by atoms with Crippen LogP contribution in [0.5, 0.6) is 0 Å². The molecule has 104 valence electrons. The number of carboxylic acids is 1. The van der Waals surface area contributed by atoms with Crippen molar-refractivity contribution in [2.75, 3.05) is 32.7 Å². The molecule has 19 heavy (non-hydrogen) atoms. The van der Waals surface area contributed by atoms with Crippen LogP contribution in [0.15, 0.2) is 16.8 Å². The summed E-state index contributed by atoms with van der Waals surface area (Å²) in [7, 11) is 0. The number of carboxylic acid groups (broad SMARTS) is 1. The number of rotatable bonds is 4. The van der Waals surface area contributed by atoms with Crippen LogP contribution in [0.2, 0.25) is 0 Å². The molecule has 2 rings (SSSR count). The summed E-state index contributed by atoms with van der Waals surface area (Å²) in [4.78, 5) is 26.1. The Kier molecular flexibility index (Phi) is 4.75. The lowest BCUT2D eigenvalue weighted by molar-refractivity contribution is -0.138. The van der Waals surface area contributed by atoms with Crippen molar-refractivity contribution in [2.45, 2.75) is 6.54 Å². The number of amides is 2. The standard InChI is InChI=1S/C12H17N3O3S/c16-11(17)8-14-2-4-15(5-3-14)12(18)13-7-10-1-6-19-9-10/h1,6,9H,2-5,7-8H2,(H,13,18)(H,16,17). The summed E-state index contributed by atoms with van der Waals surface area (Å²) < 4.78 is 0. The molecule has 0 saturated carbocycles. The Morgan fingerprint density at radius 2 is 2.05 bits per heavy atom. The van der Waals surface area contributed by atoms with E-state index < -0.39 is 5.97 Å². The van der Waals surface area contributed by atoms with E-state index in [1.807, 2.05) is 21.7 Å². The second-order valence-electron chi connectivity index (χ2n) is 4.45. The molecule has 1 fully saturated rings. The van der Waals surface area contributed by atoms with Gasteiger partial charge in [-0.3, -0.25) is 9.69 Å². The van der Waals surface area contributed by atoms with Crippen molar-refractivity contribution in [1.82, 2.24) is 15.1 Å². The van der Waals surface area contributed by atoms with Crippen LogP contribution in [-0.2, 0) is 11.3 Å².